The fraction of sp³-hybridized carbons (Fsp3) is 0.471. The van der Waals surface area contributed by atoms with Crippen molar-refractivity contribution in [2.24, 2.45) is 0 Å². The number of hydrogen-bond donors (Lipinski definition) is 1. The average molecular weight is 315 g/mol. The van der Waals surface area contributed by atoms with Crippen LogP contribution in [-0.2, 0) is 17.6 Å². The minimum absolute atomic E-state index is 0.863. The molecule has 1 aliphatic heterocycles. The van der Waals surface area contributed by atoms with Crippen molar-refractivity contribution in [2.45, 2.75) is 12.8 Å². The summed E-state index contributed by atoms with van der Waals surface area (Å²) < 4.78 is 5.38. The molecule has 4 rings (SSSR count). The van der Waals surface area contributed by atoms with Crippen molar-refractivity contribution in [3.8, 4) is 11.3 Å². The van der Waals surface area contributed by atoms with E-state index in [1.807, 2.05) is 11.3 Å². The number of benzene rings is 1. The van der Waals surface area contributed by atoms with Gasteiger partial charge >= 0.3 is 0 Å². The zero-order valence-corrected chi connectivity index (χ0v) is 13.5. The number of nitrogens with zero attached hydrogens (tertiary/aromatic N) is 2. The summed E-state index contributed by atoms with van der Waals surface area (Å²) in [5.41, 5.74) is 3.95. The van der Waals surface area contributed by atoms with E-state index in [0.29, 0.717) is 0 Å². The van der Waals surface area contributed by atoms with Crippen molar-refractivity contribution >= 4 is 16.5 Å². The number of aryl methyl sites for hydroxylation is 2. The minimum atomic E-state index is 0.863. The van der Waals surface area contributed by atoms with Crippen LogP contribution in [-0.4, -0.2) is 49.3 Å². The maximum absolute atomic E-state index is 5.38. The van der Waals surface area contributed by atoms with Crippen molar-refractivity contribution in [3.63, 3.8) is 0 Å². The van der Waals surface area contributed by atoms with Gasteiger partial charge in [0.15, 0.2) is 5.13 Å². The molecular weight excluding hydrogens is 294 g/mol. The fourth-order valence-electron chi connectivity index (χ4n) is 3.17. The summed E-state index contributed by atoms with van der Waals surface area (Å²) in [4.78, 5) is 8.71. The number of hydrogen-bond acceptors (Lipinski definition) is 5. The van der Waals surface area contributed by atoms with Crippen molar-refractivity contribution in [1.29, 1.82) is 0 Å². The van der Waals surface area contributed by atoms with Gasteiger partial charge in [-0.2, -0.15) is 0 Å². The molecule has 4 nitrogen and oxygen atoms in total. The van der Waals surface area contributed by atoms with E-state index in [4.69, 9.17) is 9.72 Å². The number of anilines is 1. The molecule has 1 fully saturated rings. The third-order valence-corrected chi connectivity index (χ3v) is 5.47. The van der Waals surface area contributed by atoms with E-state index in [0.717, 1.165) is 57.4 Å². The molecule has 1 N–H and O–H groups in total. The predicted molar refractivity (Wildman–Crippen MR) is 90.7 cm³/mol. The van der Waals surface area contributed by atoms with E-state index in [-0.39, 0.29) is 0 Å². The van der Waals surface area contributed by atoms with Crippen LogP contribution >= 0.6 is 11.3 Å². The lowest BCUT2D eigenvalue weighted by Crippen LogP contribution is -2.38. The van der Waals surface area contributed by atoms with Gasteiger partial charge in [0, 0.05) is 36.6 Å². The highest BCUT2D eigenvalue weighted by Crippen LogP contribution is 2.37. The zero-order chi connectivity index (χ0) is 14.8. The Morgan fingerprint density at radius 3 is 2.95 bits per heavy atom. The molecule has 2 heterocycles. The Morgan fingerprint density at radius 1 is 1.18 bits per heavy atom. The fourth-order valence-corrected chi connectivity index (χ4v) is 4.17. The third kappa shape index (κ3) is 2.89. The third-order valence-electron chi connectivity index (χ3n) is 4.40. The number of fused-ring (bicyclic) bond motifs is 3. The molecule has 0 saturated carbocycles. The molecule has 0 atom stereocenters. The van der Waals surface area contributed by atoms with Crippen LogP contribution < -0.4 is 5.32 Å². The Hall–Kier alpha value is -1.43. The van der Waals surface area contributed by atoms with E-state index in [1.165, 1.54) is 21.7 Å². The van der Waals surface area contributed by atoms with Gasteiger partial charge in [0.05, 0.1) is 18.9 Å². The van der Waals surface area contributed by atoms with Crippen LogP contribution in [0.4, 0.5) is 5.13 Å². The van der Waals surface area contributed by atoms with Crippen molar-refractivity contribution < 1.29 is 4.74 Å². The molecule has 2 aliphatic rings. The summed E-state index contributed by atoms with van der Waals surface area (Å²) in [6.45, 7) is 5.83. The standard InChI is InChI=1S/C17H21N3OS/c1-2-4-14-13(3-1)5-6-15-16(14)19-17(22-15)18-7-8-20-9-11-21-12-10-20/h1-4H,5-12H2,(H,18,19). The Kier molecular flexibility index (Phi) is 4.10. The van der Waals surface area contributed by atoms with E-state index >= 15 is 0 Å². The van der Waals surface area contributed by atoms with Gasteiger partial charge in [-0.3, -0.25) is 4.90 Å². The van der Waals surface area contributed by atoms with Gasteiger partial charge in [0.1, 0.15) is 0 Å². The molecule has 1 saturated heterocycles. The van der Waals surface area contributed by atoms with Crippen LogP contribution in [0.15, 0.2) is 24.3 Å². The van der Waals surface area contributed by atoms with E-state index in [2.05, 4.69) is 34.5 Å². The van der Waals surface area contributed by atoms with Gasteiger partial charge in [-0.1, -0.05) is 24.3 Å². The normalized spacial score (nSPS) is 17.8. The van der Waals surface area contributed by atoms with Crippen LogP contribution in [0.3, 0.4) is 0 Å². The summed E-state index contributed by atoms with van der Waals surface area (Å²) >= 11 is 1.82. The van der Waals surface area contributed by atoms with E-state index in [9.17, 15) is 0 Å². The lowest BCUT2D eigenvalue weighted by Gasteiger charge is -2.26. The van der Waals surface area contributed by atoms with Crippen LogP contribution in [0, 0.1) is 0 Å². The van der Waals surface area contributed by atoms with Crippen molar-refractivity contribution in [1.82, 2.24) is 9.88 Å². The van der Waals surface area contributed by atoms with Crippen LogP contribution in [0.5, 0.6) is 0 Å². The highest BCUT2D eigenvalue weighted by atomic mass is 32.1. The maximum Gasteiger partial charge on any atom is 0.183 e. The maximum atomic E-state index is 5.38. The smallest absolute Gasteiger partial charge is 0.183 e. The molecule has 0 bridgehead atoms. The topological polar surface area (TPSA) is 37.4 Å². The summed E-state index contributed by atoms with van der Waals surface area (Å²) in [6.07, 6.45) is 2.26. The monoisotopic (exact) mass is 315 g/mol. The lowest BCUT2D eigenvalue weighted by atomic mass is 9.94. The van der Waals surface area contributed by atoms with Gasteiger partial charge in [0.25, 0.3) is 0 Å². The Morgan fingerprint density at radius 2 is 2.05 bits per heavy atom. The van der Waals surface area contributed by atoms with E-state index in [1.54, 1.807) is 0 Å². The van der Waals surface area contributed by atoms with Gasteiger partial charge in [0.2, 0.25) is 0 Å². The number of rotatable bonds is 4. The molecule has 22 heavy (non-hydrogen) atoms. The SMILES string of the molecule is c1ccc2c(c1)CCc1sc(NCCN3CCOCC3)nc1-2. The molecule has 5 heteroatoms. The van der Waals surface area contributed by atoms with Crippen LogP contribution in [0.25, 0.3) is 11.3 Å². The molecule has 2 aromatic rings. The number of ether oxygens (including phenoxy) is 1. The van der Waals surface area contributed by atoms with Gasteiger partial charge in [-0.15, -0.1) is 11.3 Å². The average Bonchev–Trinajstić information content (AvgIpc) is 2.99. The summed E-state index contributed by atoms with van der Waals surface area (Å²) in [5, 5.41) is 4.57. The lowest BCUT2D eigenvalue weighted by molar-refractivity contribution is 0.0398. The second-order valence-electron chi connectivity index (χ2n) is 5.83. The molecule has 0 radical (unpaired) electrons. The first-order chi connectivity index (χ1) is 10.9. The number of thiazole rings is 1. The first-order valence-electron chi connectivity index (χ1n) is 8.02. The van der Waals surface area contributed by atoms with Crippen LogP contribution in [0.1, 0.15) is 10.4 Å². The quantitative estimate of drug-likeness (QED) is 0.941. The first kappa shape index (κ1) is 14.2. The number of morpholine rings is 1. The Bertz CT molecular complexity index is 649. The first-order valence-corrected chi connectivity index (χ1v) is 8.84. The molecule has 0 spiro atoms. The van der Waals surface area contributed by atoms with Gasteiger partial charge in [-0.25, -0.2) is 4.98 Å². The summed E-state index contributed by atoms with van der Waals surface area (Å²) in [5.74, 6) is 0. The number of nitrogens with one attached hydrogen (secondary N) is 1. The molecule has 116 valence electrons. The highest BCUT2D eigenvalue weighted by molar-refractivity contribution is 7.16. The summed E-state index contributed by atoms with van der Waals surface area (Å²) in [6, 6.07) is 8.66. The predicted octanol–water partition coefficient (Wildman–Crippen LogP) is 2.65. The molecule has 0 unspecified atom stereocenters. The van der Waals surface area contributed by atoms with Crippen LogP contribution in [0.2, 0.25) is 0 Å². The van der Waals surface area contributed by atoms with Crippen molar-refractivity contribution in [3.05, 3.63) is 34.7 Å². The Labute approximate surface area is 135 Å². The molecule has 0 amide bonds. The van der Waals surface area contributed by atoms with Gasteiger partial charge in [-0.05, 0) is 18.4 Å². The summed E-state index contributed by atoms with van der Waals surface area (Å²) in [7, 11) is 0. The second-order valence-corrected chi connectivity index (χ2v) is 6.91. The minimum Gasteiger partial charge on any atom is -0.379 e. The number of aromatic nitrogens is 1. The van der Waals surface area contributed by atoms with Crippen molar-refractivity contribution in [2.75, 3.05) is 44.7 Å². The highest BCUT2D eigenvalue weighted by Gasteiger charge is 2.20. The second kappa shape index (κ2) is 6.36. The zero-order valence-electron chi connectivity index (χ0n) is 12.7. The molecular formula is C17H21N3OS. The Balaban J connectivity index is 1.41. The largest absolute Gasteiger partial charge is 0.379 e. The molecule has 1 aromatic heterocycles. The molecule has 1 aromatic carbocycles. The van der Waals surface area contributed by atoms with Gasteiger partial charge < -0.3 is 10.1 Å². The van der Waals surface area contributed by atoms with E-state index < -0.39 is 0 Å². The molecule has 1 aliphatic carbocycles.